The van der Waals surface area contributed by atoms with Crippen molar-refractivity contribution in [2.75, 3.05) is 11.9 Å². The molecule has 1 heterocycles. The zero-order valence-electron chi connectivity index (χ0n) is 13.5. The van der Waals surface area contributed by atoms with Crippen LogP contribution < -0.4 is 5.32 Å². The number of aliphatic hydroxyl groups excluding tert-OH is 1. The van der Waals surface area contributed by atoms with Crippen LogP contribution in [0.4, 0.5) is 5.69 Å². The highest BCUT2D eigenvalue weighted by Crippen LogP contribution is 2.41. The lowest BCUT2D eigenvalue weighted by molar-refractivity contribution is 0.102. The molecule has 0 aliphatic heterocycles. The summed E-state index contributed by atoms with van der Waals surface area (Å²) >= 11 is 0. The van der Waals surface area contributed by atoms with Crippen molar-refractivity contribution < 1.29 is 9.90 Å². The summed E-state index contributed by atoms with van der Waals surface area (Å²) in [5, 5.41) is 16.3. The Morgan fingerprint density at radius 1 is 1.35 bits per heavy atom. The molecule has 1 aromatic heterocycles. The van der Waals surface area contributed by atoms with E-state index in [0.29, 0.717) is 17.9 Å². The first-order chi connectivity index (χ1) is 11.2. The number of hydrogen-bond acceptors (Lipinski definition) is 3. The van der Waals surface area contributed by atoms with E-state index in [0.717, 1.165) is 42.8 Å². The zero-order valence-corrected chi connectivity index (χ0v) is 13.5. The van der Waals surface area contributed by atoms with Crippen molar-refractivity contribution in [3.8, 4) is 0 Å². The van der Waals surface area contributed by atoms with E-state index in [-0.39, 0.29) is 12.5 Å². The van der Waals surface area contributed by atoms with E-state index >= 15 is 0 Å². The van der Waals surface area contributed by atoms with E-state index in [4.69, 9.17) is 5.11 Å². The van der Waals surface area contributed by atoms with Gasteiger partial charge in [0.2, 0.25) is 0 Å². The van der Waals surface area contributed by atoms with Gasteiger partial charge in [0.15, 0.2) is 0 Å². The molecule has 3 rings (SSSR count). The number of aliphatic hydroxyl groups is 1. The Kier molecular flexibility index (Phi) is 4.76. The SMILES string of the molecule is CCCn1ncc(C(=O)Nc2ccc(CCO)cc2)c1C1CC1. The number of hydrogen-bond donors (Lipinski definition) is 2. The molecule has 0 atom stereocenters. The molecule has 1 amide bonds. The monoisotopic (exact) mass is 313 g/mol. The molecular formula is C18H23N3O2. The molecule has 1 saturated carbocycles. The molecule has 1 aromatic carbocycles. The Morgan fingerprint density at radius 2 is 2.09 bits per heavy atom. The molecule has 0 bridgehead atoms. The fourth-order valence-electron chi connectivity index (χ4n) is 2.83. The number of nitrogens with zero attached hydrogens (tertiary/aromatic N) is 2. The number of nitrogens with one attached hydrogen (secondary N) is 1. The minimum absolute atomic E-state index is 0.0934. The maximum absolute atomic E-state index is 12.6. The van der Waals surface area contributed by atoms with Crippen molar-refractivity contribution in [2.24, 2.45) is 0 Å². The summed E-state index contributed by atoms with van der Waals surface area (Å²) in [6.45, 7) is 3.11. The molecule has 1 fully saturated rings. The molecule has 1 aliphatic rings. The molecule has 2 N–H and O–H groups in total. The normalized spacial score (nSPS) is 14.0. The van der Waals surface area contributed by atoms with Crippen LogP contribution in [0.3, 0.4) is 0 Å². The number of anilines is 1. The van der Waals surface area contributed by atoms with Crippen LogP contribution in [-0.4, -0.2) is 27.4 Å². The number of carbonyl (C=O) groups is 1. The van der Waals surface area contributed by atoms with Crippen LogP contribution in [0.25, 0.3) is 0 Å². The van der Waals surface area contributed by atoms with Crippen LogP contribution in [-0.2, 0) is 13.0 Å². The molecule has 0 spiro atoms. The lowest BCUT2D eigenvalue weighted by Crippen LogP contribution is -2.14. The average Bonchev–Trinajstić information content (AvgIpc) is 3.30. The highest BCUT2D eigenvalue weighted by Gasteiger charge is 2.32. The molecule has 23 heavy (non-hydrogen) atoms. The van der Waals surface area contributed by atoms with E-state index in [1.165, 1.54) is 0 Å². The molecule has 122 valence electrons. The van der Waals surface area contributed by atoms with Gasteiger partial charge in [-0.15, -0.1) is 0 Å². The second kappa shape index (κ2) is 6.96. The zero-order chi connectivity index (χ0) is 16.2. The lowest BCUT2D eigenvalue weighted by Gasteiger charge is -2.09. The first kappa shape index (κ1) is 15.7. The third-order valence-electron chi connectivity index (χ3n) is 4.14. The van der Waals surface area contributed by atoms with E-state index in [2.05, 4.69) is 17.3 Å². The van der Waals surface area contributed by atoms with Crippen LogP contribution in [0.2, 0.25) is 0 Å². The van der Waals surface area contributed by atoms with Gasteiger partial charge >= 0.3 is 0 Å². The third-order valence-corrected chi connectivity index (χ3v) is 4.14. The van der Waals surface area contributed by atoms with Crippen molar-refractivity contribution in [3.63, 3.8) is 0 Å². The van der Waals surface area contributed by atoms with Gasteiger partial charge in [0.05, 0.1) is 17.5 Å². The topological polar surface area (TPSA) is 67.2 Å². The van der Waals surface area contributed by atoms with Crippen molar-refractivity contribution in [2.45, 2.75) is 45.1 Å². The van der Waals surface area contributed by atoms with E-state index in [1.54, 1.807) is 6.20 Å². The smallest absolute Gasteiger partial charge is 0.259 e. The number of carbonyl (C=O) groups excluding carboxylic acids is 1. The summed E-state index contributed by atoms with van der Waals surface area (Å²) in [6.07, 6.45) is 5.62. The highest BCUT2D eigenvalue weighted by atomic mass is 16.3. The fraction of sp³-hybridized carbons (Fsp3) is 0.444. The molecule has 2 aromatic rings. The molecular weight excluding hydrogens is 290 g/mol. The Balaban J connectivity index is 1.75. The van der Waals surface area contributed by atoms with Gasteiger partial charge in [0, 0.05) is 24.8 Å². The number of aryl methyl sites for hydroxylation is 1. The number of amides is 1. The average molecular weight is 313 g/mol. The predicted molar refractivity (Wildman–Crippen MR) is 89.7 cm³/mol. The van der Waals surface area contributed by atoms with Gasteiger partial charge in [-0.2, -0.15) is 5.10 Å². The van der Waals surface area contributed by atoms with E-state index in [9.17, 15) is 4.79 Å². The van der Waals surface area contributed by atoms with E-state index < -0.39 is 0 Å². The van der Waals surface area contributed by atoms with Crippen LogP contribution in [0.1, 0.15) is 53.7 Å². The quantitative estimate of drug-likeness (QED) is 0.826. The van der Waals surface area contributed by atoms with Crippen LogP contribution in [0.5, 0.6) is 0 Å². The second-order valence-electron chi connectivity index (χ2n) is 6.07. The maximum atomic E-state index is 12.6. The minimum atomic E-state index is -0.0934. The number of rotatable bonds is 7. The van der Waals surface area contributed by atoms with Gasteiger partial charge in [0.1, 0.15) is 0 Å². The fourth-order valence-corrected chi connectivity index (χ4v) is 2.83. The van der Waals surface area contributed by atoms with Crippen LogP contribution in [0.15, 0.2) is 30.5 Å². The lowest BCUT2D eigenvalue weighted by atomic mass is 10.1. The van der Waals surface area contributed by atoms with Gasteiger partial charge < -0.3 is 10.4 Å². The first-order valence-electron chi connectivity index (χ1n) is 8.29. The molecule has 0 unspecified atom stereocenters. The maximum Gasteiger partial charge on any atom is 0.259 e. The summed E-state index contributed by atoms with van der Waals surface area (Å²) < 4.78 is 1.98. The summed E-state index contributed by atoms with van der Waals surface area (Å²) in [4.78, 5) is 12.6. The van der Waals surface area contributed by atoms with Crippen LogP contribution in [0, 0.1) is 0 Å². The van der Waals surface area contributed by atoms with Crippen molar-refractivity contribution in [1.29, 1.82) is 0 Å². The van der Waals surface area contributed by atoms with Gasteiger partial charge in [-0.05, 0) is 43.4 Å². The molecule has 1 aliphatic carbocycles. The van der Waals surface area contributed by atoms with Crippen molar-refractivity contribution >= 4 is 11.6 Å². The van der Waals surface area contributed by atoms with E-state index in [1.807, 2.05) is 28.9 Å². The number of benzene rings is 1. The first-order valence-corrected chi connectivity index (χ1v) is 8.29. The van der Waals surface area contributed by atoms with Gasteiger partial charge in [-0.1, -0.05) is 19.1 Å². The Morgan fingerprint density at radius 3 is 2.70 bits per heavy atom. The third kappa shape index (κ3) is 3.62. The predicted octanol–water partition coefficient (Wildman–Crippen LogP) is 2.96. The summed E-state index contributed by atoms with van der Waals surface area (Å²) in [5.41, 5.74) is 3.60. The molecule has 0 saturated heterocycles. The van der Waals surface area contributed by atoms with Crippen molar-refractivity contribution in [1.82, 2.24) is 9.78 Å². The number of aromatic nitrogens is 2. The molecule has 5 nitrogen and oxygen atoms in total. The summed E-state index contributed by atoms with van der Waals surface area (Å²) in [7, 11) is 0. The molecule has 0 radical (unpaired) electrons. The summed E-state index contributed by atoms with van der Waals surface area (Å²) in [5.74, 6) is 0.390. The van der Waals surface area contributed by atoms with Crippen LogP contribution >= 0.6 is 0 Å². The Labute approximate surface area is 136 Å². The van der Waals surface area contributed by atoms with Gasteiger partial charge in [-0.25, -0.2) is 0 Å². The van der Waals surface area contributed by atoms with Gasteiger partial charge in [-0.3, -0.25) is 9.48 Å². The Bertz CT molecular complexity index is 672. The molecule has 5 heteroatoms. The van der Waals surface area contributed by atoms with Crippen molar-refractivity contribution in [3.05, 3.63) is 47.3 Å². The standard InChI is InChI=1S/C18H23N3O2/c1-2-10-21-17(14-5-6-14)16(12-19-21)18(23)20-15-7-3-13(4-8-15)9-11-22/h3-4,7-8,12,14,22H,2,5-6,9-11H2,1H3,(H,20,23). The highest BCUT2D eigenvalue weighted by molar-refractivity contribution is 6.05. The minimum Gasteiger partial charge on any atom is -0.396 e. The summed E-state index contributed by atoms with van der Waals surface area (Å²) in [6, 6.07) is 7.59. The second-order valence-corrected chi connectivity index (χ2v) is 6.07. The van der Waals surface area contributed by atoms with Gasteiger partial charge in [0.25, 0.3) is 5.91 Å². The largest absolute Gasteiger partial charge is 0.396 e. The Hall–Kier alpha value is -2.14.